The van der Waals surface area contributed by atoms with Crippen LogP contribution in [0.4, 0.5) is 0 Å². The Bertz CT molecular complexity index is 856. The number of benzene rings is 2. The normalized spacial score (nSPS) is 12.7. The van der Waals surface area contributed by atoms with Crippen molar-refractivity contribution in [2.45, 2.75) is 59.2 Å². The number of ether oxygens (including phenoxy) is 1. The zero-order valence-electron chi connectivity index (χ0n) is 18.2. The van der Waals surface area contributed by atoms with Gasteiger partial charge in [0.05, 0.1) is 0 Å². The molecule has 0 fully saturated rings. The Labute approximate surface area is 184 Å². The van der Waals surface area contributed by atoms with Gasteiger partial charge in [-0.05, 0) is 56.0 Å². The molecule has 0 saturated carbocycles. The Morgan fingerprint density at radius 2 is 1.83 bits per heavy atom. The second-order valence-electron chi connectivity index (χ2n) is 7.44. The van der Waals surface area contributed by atoms with Gasteiger partial charge >= 0.3 is 0 Å². The van der Waals surface area contributed by atoms with Crippen molar-refractivity contribution >= 4 is 23.4 Å². The van der Waals surface area contributed by atoms with Gasteiger partial charge in [0.15, 0.2) is 6.61 Å². The maximum absolute atomic E-state index is 13.2. The third-order valence-electron chi connectivity index (χ3n) is 5.15. The molecule has 0 saturated heterocycles. The molecule has 0 radical (unpaired) electrons. The predicted molar refractivity (Wildman–Crippen MR) is 121 cm³/mol. The molecule has 0 bridgehead atoms. The van der Waals surface area contributed by atoms with Gasteiger partial charge in [-0.2, -0.15) is 0 Å². The van der Waals surface area contributed by atoms with Crippen molar-refractivity contribution in [3.05, 3.63) is 64.7 Å². The van der Waals surface area contributed by atoms with E-state index >= 15 is 0 Å². The van der Waals surface area contributed by atoms with Crippen LogP contribution >= 0.6 is 11.6 Å². The highest BCUT2D eigenvalue weighted by molar-refractivity contribution is 6.30. The number of carbonyl (C=O) groups excluding carboxylic acids is 2. The third kappa shape index (κ3) is 6.77. The Morgan fingerprint density at radius 1 is 1.10 bits per heavy atom. The first-order valence-corrected chi connectivity index (χ1v) is 10.8. The maximum atomic E-state index is 13.2. The molecule has 162 valence electrons. The van der Waals surface area contributed by atoms with Crippen LogP contribution in [0.1, 0.15) is 44.7 Å². The van der Waals surface area contributed by atoms with Crippen LogP contribution in [-0.4, -0.2) is 35.4 Å². The molecule has 0 spiro atoms. The average Bonchev–Trinajstić information content (AvgIpc) is 2.73. The minimum Gasteiger partial charge on any atom is -0.484 e. The molecule has 30 heavy (non-hydrogen) atoms. The van der Waals surface area contributed by atoms with E-state index in [0.29, 0.717) is 23.7 Å². The lowest BCUT2D eigenvalue weighted by Gasteiger charge is -2.31. The Kier molecular flexibility index (Phi) is 9.18. The number of halogens is 1. The number of nitrogens with one attached hydrogen (secondary N) is 1. The zero-order chi connectivity index (χ0) is 22.1. The number of hydrogen-bond acceptors (Lipinski definition) is 3. The number of hydrogen-bond donors (Lipinski definition) is 1. The molecule has 2 aromatic carbocycles. The van der Waals surface area contributed by atoms with Crippen molar-refractivity contribution in [3.8, 4) is 5.75 Å². The summed E-state index contributed by atoms with van der Waals surface area (Å²) in [4.78, 5) is 27.7. The fourth-order valence-electron chi connectivity index (χ4n) is 3.12. The number of carbonyl (C=O) groups is 2. The van der Waals surface area contributed by atoms with Gasteiger partial charge in [-0.25, -0.2) is 0 Å². The molecular formula is C24H31ClN2O3. The fraction of sp³-hybridized carbons (Fsp3) is 0.417. The lowest BCUT2D eigenvalue weighted by molar-refractivity contribution is -0.143. The van der Waals surface area contributed by atoms with Gasteiger partial charge in [-0.3, -0.25) is 9.59 Å². The van der Waals surface area contributed by atoms with Gasteiger partial charge in [0.25, 0.3) is 5.91 Å². The lowest BCUT2D eigenvalue weighted by Crippen LogP contribution is -2.51. The topological polar surface area (TPSA) is 58.6 Å². The smallest absolute Gasteiger partial charge is 0.261 e. The van der Waals surface area contributed by atoms with E-state index in [9.17, 15) is 9.59 Å². The summed E-state index contributed by atoms with van der Waals surface area (Å²) in [6.07, 6.45) is 1.34. The summed E-state index contributed by atoms with van der Waals surface area (Å²) in [6, 6.07) is 14.3. The van der Waals surface area contributed by atoms with Gasteiger partial charge in [-0.15, -0.1) is 0 Å². The van der Waals surface area contributed by atoms with Gasteiger partial charge in [0, 0.05) is 17.6 Å². The second kappa shape index (κ2) is 11.6. The molecule has 2 aromatic rings. The molecule has 5 nitrogen and oxygen atoms in total. The lowest BCUT2D eigenvalue weighted by atomic mass is 10.1. The summed E-state index contributed by atoms with van der Waals surface area (Å²) in [5.41, 5.74) is 2.08. The maximum Gasteiger partial charge on any atom is 0.261 e. The molecule has 2 rings (SSSR count). The SMILES string of the molecule is CC[C@H](C(=O)N[C@@H](C)CC)N(Cc1ccccc1C)C(=O)COc1cccc(Cl)c1. The number of aryl methyl sites for hydroxylation is 1. The van der Waals surface area contributed by atoms with E-state index in [0.717, 1.165) is 17.5 Å². The summed E-state index contributed by atoms with van der Waals surface area (Å²) in [7, 11) is 0. The van der Waals surface area contributed by atoms with Gasteiger partial charge < -0.3 is 15.0 Å². The van der Waals surface area contributed by atoms with E-state index < -0.39 is 6.04 Å². The molecule has 0 unspecified atom stereocenters. The van der Waals surface area contributed by atoms with E-state index in [1.165, 1.54) is 0 Å². The zero-order valence-corrected chi connectivity index (χ0v) is 18.9. The Morgan fingerprint density at radius 3 is 2.47 bits per heavy atom. The Balaban J connectivity index is 2.23. The number of amides is 2. The molecular weight excluding hydrogens is 400 g/mol. The molecule has 0 aliphatic carbocycles. The third-order valence-corrected chi connectivity index (χ3v) is 5.38. The quantitative estimate of drug-likeness (QED) is 0.591. The van der Waals surface area contributed by atoms with Crippen molar-refractivity contribution in [1.29, 1.82) is 0 Å². The highest BCUT2D eigenvalue weighted by Crippen LogP contribution is 2.19. The largest absolute Gasteiger partial charge is 0.484 e. The minimum atomic E-state index is -0.575. The summed E-state index contributed by atoms with van der Waals surface area (Å²) in [5.74, 6) is 0.129. The van der Waals surface area contributed by atoms with E-state index in [1.54, 1.807) is 29.2 Å². The monoisotopic (exact) mass is 430 g/mol. The average molecular weight is 431 g/mol. The summed E-state index contributed by atoms with van der Waals surface area (Å²) < 4.78 is 5.67. The van der Waals surface area contributed by atoms with Crippen LogP contribution < -0.4 is 10.1 Å². The first kappa shape index (κ1) is 23.7. The van der Waals surface area contributed by atoms with Crippen molar-refractivity contribution in [1.82, 2.24) is 10.2 Å². The second-order valence-corrected chi connectivity index (χ2v) is 7.87. The Hall–Kier alpha value is -2.53. The van der Waals surface area contributed by atoms with Gasteiger partial charge in [0.2, 0.25) is 5.91 Å². The first-order valence-electron chi connectivity index (χ1n) is 10.4. The van der Waals surface area contributed by atoms with E-state index in [2.05, 4.69) is 5.32 Å². The van der Waals surface area contributed by atoms with Gasteiger partial charge in [0.1, 0.15) is 11.8 Å². The molecule has 0 aliphatic heterocycles. The van der Waals surface area contributed by atoms with E-state index in [4.69, 9.17) is 16.3 Å². The van der Waals surface area contributed by atoms with Crippen LogP contribution in [0.15, 0.2) is 48.5 Å². The molecule has 6 heteroatoms. The van der Waals surface area contributed by atoms with Crippen LogP contribution in [0.5, 0.6) is 5.75 Å². The highest BCUT2D eigenvalue weighted by atomic mass is 35.5. The van der Waals surface area contributed by atoms with Crippen LogP contribution in [0.3, 0.4) is 0 Å². The predicted octanol–water partition coefficient (Wildman–Crippen LogP) is 4.75. The van der Waals surface area contributed by atoms with Crippen molar-refractivity contribution in [2.75, 3.05) is 6.61 Å². The van der Waals surface area contributed by atoms with Gasteiger partial charge in [-0.1, -0.05) is 55.8 Å². The molecule has 0 heterocycles. The molecule has 2 atom stereocenters. The highest BCUT2D eigenvalue weighted by Gasteiger charge is 2.29. The minimum absolute atomic E-state index is 0.0460. The van der Waals surface area contributed by atoms with E-state index in [1.807, 2.05) is 52.0 Å². The van der Waals surface area contributed by atoms with Crippen molar-refractivity contribution in [3.63, 3.8) is 0 Å². The van der Waals surface area contributed by atoms with Crippen molar-refractivity contribution < 1.29 is 14.3 Å². The molecule has 0 aromatic heterocycles. The summed E-state index contributed by atoms with van der Waals surface area (Å²) >= 11 is 6.00. The van der Waals surface area contributed by atoms with Crippen molar-refractivity contribution in [2.24, 2.45) is 0 Å². The van der Waals surface area contributed by atoms with E-state index in [-0.39, 0.29) is 24.5 Å². The van der Waals surface area contributed by atoms with Crippen LogP contribution in [-0.2, 0) is 16.1 Å². The fourth-order valence-corrected chi connectivity index (χ4v) is 3.30. The first-order chi connectivity index (χ1) is 14.3. The summed E-state index contributed by atoms with van der Waals surface area (Å²) in [6.45, 7) is 8.06. The molecule has 1 N–H and O–H groups in total. The van der Waals surface area contributed by atoms with Crippen LogP contribution in [0, 0.1) is 6.92 Å². The molecule has 2 amide bonds. The number of rotatable bonds is 10. The standard InChI is InChI=1S/C24H31ClN2O3/c1-5-18(4)26-24(29)22(6-2)27(15-19-11-8-7-10-17(19)3)23(28)16-30-21-13-9-12-20(25)14-21/h7-14,18,22H,5-6,15-16H2,1-4H3,(H,26,29)/t18-,22+/m0/s1. The van der Waals surface area contributed by atoms with Crippen LogP contribution in [0.2, 0.25) is 5.02 Å². The molecule has 0 aliphatic rings. The summed E-state index contributed by atoms with van der Waals surface area (Å²) in [5, 5.41) is 3.54. The van der Waals surface area contributed by atoms with Crippen LogP contribution in [0.25, 0.3) is 0 Å². The number of nitrogens with zero attached hydrogens (tertiary/aromatic N) is 1.